The van der Waals surface area contributed by atoms with E-state index in [-0.39, 0.29) is 4.90 Å². The summed E-state index contributed by atoms with van der Waals surface area (Å²) in [6, 6.07) is 10.3. The van der Waals surface area contributed by atoms with E-state index in [1.54, 1.807) is 24.3 Å². The van der Waals surface area contributed by atoms with Crippen molar-refractivity contribution in [1.29, 1.82) is 0 Å². The molecule has 2 aromatic rings. The van der Waals surface area contributed by atoms with Crippen molar-refractivity contribution in [2.24, 2.45) is 0 Å². The number of hydrogen-bond acceptors (Lipinski definition) is 3. The Kier molecular flexibility index (Phi) is 5.51. The lowest BCUT2D eigenvalue weighted by atomic mass is 10.3. The Balaban J connectivity index is 2.06. The van der Waals surface area contributed by atoms with Crippen molar-refractivity contribution in [3.63, 3.8) is 0 Å². The predicted octanol–water partition coefficient (Wildman–Crippen LogP) is 2.89. The fourth-order valence-electron chi connectivity index (χ4n) is 1.78. The molecule has 0 spiro atoms. The molecule has 0 heterocycles. The highest BCUT2D eigenvalue weighted by Gasteiger charge is 2.22. The van der Waals surface area contributed by atoms with Gasteiger partial charge in [0.15, 0.2) is 0 Å². The van der Waals surface area contributed by atoms with Crippen molar-refractivity contribution in [3.05, 3.63) is 58.8 Å². The molecule has 0 radical (unpaired) electrons. The molecule has 2 aromatic carbocycles. The van der Waals surface area contributed by atoms with E-state index >= 15 is 0 Å². The van der Waals surface area contributed by atoms with Gasteiger partial charge in [0.25, 0.3) is 0 Å². The lowest BCUT2D eigenvalue weighted by Crippen LogP contribution is -2.41. The van der Waals surface area contributed by atoms with Gasteiger partial charge in [-0.05, 0) is 49.4 Å². The van der Waals surface area contributed by atoms with Crippen LogP contribution in [0.25, 0.3) is 0 Å². The van der Waals surface area contributed by atoms with Crippen LogP contribution in [0.15, 0.2) is 57.9 Å². The van der Waals surface area contributed by atoms with Crippen LogP contribution in [0, 0.1) is 5.82 Å². The van der Waals surface area contributed by atoms with Crippen LogP contribution in [0.5, 0.6) is 0 Å². The maximum atomic E-state index is 12.9. The Morgan fingerprint density at radius 3 is 2.43 bits per heavy atom. The summed E-state index contributed by atoms with van der Waals surface area (Å²) in [6.07, 6.45) is 0. The Bertz CT molecular complexity index is 810. The van der Waals surface area contributed by atoms with Gasteiger partial charge in [0.1, 0.15) is 5.82 Å². The van der Waals surface area contributed by atoms with Crippen molar-refractivity contribution in [2.75, 3.05) is 5.32 Å². The number of anilines is 1. The van der Waals surface area contributed by atoms with Gasteiger partial charge in [-0.25, -0.2) is 12.8 Å². The first-order chi connectivity index (χ1) is 10.8. The molecule has 1 amide bonds. The lowest BCUT2D eigenvalue weighted by molar-refractivity contribution is -0.117. The molecule has 5 nitrogen and oxygen atoms in total. The number of amides is 1. The molecule has 0 aliphatic heterocycles. The van der Waals surface area contributed by atoms with E-state index in [2.05, 4.69) is 26.0 Å². The minimum Gasteiger partial charge on any atom is -0.325 e. The van der Waals surface area contributed by atoms with Crippen LogP contribution in [0.4, 0.5) is 10.1 Å². The first kappa shape index (κ1) is 17.6. The maximum Gasteiger partial charge on any atom is 0.242 e. The maximum absolute atomic E-state index is 12.9. The summed E-state index contributed by atoms with van der Waals surface area (Å²) < 4.78 is 40.2. The van der Waals surface area contributed by atoms with Gasteiger partial charge in [-0.2, -0.15) is 4.72 Å². The molecule has 0 aromatic heterocycles. The highest BCUT2D eigenvalue weighted by atomic mass is 79.9. The van der Waals surface area contributed by atoms with Gasteiger partial charge in [0.05, 0.1) is 10.9 Å². The molecule has 23 heavy (non-hydrogen) atoms. The lowest BCUT2D eigenvalue weighted by Gasteiger charge is -2.14. The van der Waals surface area contributed by atoms with Gasteiger partial charge in [-0.15, -0.1) is 0 Å². The second-order valence-corrected chi connectivity index (χ2v) is 7.43. The van der Waals surface area contributed by atoms with Crippen molar-refractivity contribution in [1.82, 2.24) is 4.72 Å². The molecule has 0 aliphatic rings. The number of benzene rings is 2. The zero-order chi connectivity index (χ0) is 17.0. The molecule has 0 saturated heterocycles. The Morgan fingerprint density at radius 2 is 1.83 bits per heavy atom. The van der Waals surface area contributed by atoms with Crippen molar-refractivity contribution in [3.8, 4) is 0 Å². The summed E-state index contributed by atoms with van der Waals surface area (Å²) in [5.41, 5.74) is 0.539. The second-order valence-electron chi connectivity index (χ2n) is 4.80. The summed E-state index contributed by atoms with van der Waals surface area (Å²) in [5, 5.41) is 2.61. The van der Waals surface area contributed by atoms with Crippen LogP contribution in [0.3, 0.4) is 0 Å². The highest BCUT2D eigenvalue weighted by molar-refractivity contribution is 9.10. The topological polar surface area (TPSA) is 75.3 Å². The zero-order valence-electron chi connectivity index (χ0n) is 12.1. The van der Waals surface area contributed by atoms with Crippen LogP contribution < -0.4 is 10.0 Å². The third-order valence-corrected chi connectivity index (χ3v) is 4.99. The van der Waals surface area contributed by atoms with E-state index in [1.807, 2.05) is 0 Å². The Labute approximate surface area is 142 Å². The second kappa shape index (κ2) is 7.20. The molecular formula is C15H14BrFN2O3S. The molecular weight excluding hydrogens is 387 g/mol. The number of nitrogens with one attached hydrogen (secondary N) is 2. The zero-order valence-corrected chi connectivity index (χ0v) is 14.5. The first-order valence-electron chi connectivity index (χ1n) is 6.62. The van der Waals surface area contributed by atoms with Gasteiger partial charge in [0, 0.05) is 10.2 Å². The minimum atomic E-state index is -3.91. The van der Waals surface area contributed by atoms with Crippen LogP contribution >= 0.6 is 15.9 Å². The number of hydrogen-bond donors (Lipinski definition) is 2. The van der Waals surface area contributed by atoms with Crippen LogP contribution in [-0.4, -0.2) is 20.4 Å². The largest absolute Gasteiger partial charge is 0.325 e. The predicted molar refractivity (Wildman–Crippen MR) is 89.0 cm³/mol. The summed E-state index contributed by atoms with van der Waals surface area (Å²) in [5.74, 6) is -1.04. The monoisotopic (exact) mass is 400 g/mol. The molecule has 0 bridgehead atoms. The summed E-state index contributed by atoms with van der Waals surface area (Å²) in [6.45, 7) is 1.42. The average Bonchev–Trinajstić information content (AvgIpc) is 2.47. The summed E-state index contributed by atoms with van der Waals surface area (Å²) in [7, 11) is -3.91. The minimum absolute atomic E-state index is 0.110. The SMILES string of the molecule is C[C@@H](NS(=O)(=O)c1ccc(F)cc1)C(=O)Nc1cccc(Br)c1. The fourth-order valence-corrected chi connectivity index (χ4v) is 3.39. The Hall–Kier alpha value is -1.77. The molecule has 8 heteroatoms. The molecule has 2 rings (SSSR count). The van der Waals surface area contributed by atoms with Gasteiger partial charge in [-0.3, -0.25) is 4.79 Å². The number of halogens is 2. The molecule has 2 N–H and O–H groups in total. The van der Waals surface area contributed by atoms with E-state index in [0.29, 0.717) is 5.69 Å². The highest BCUT2D eigenvalue weighted by Crippen LogP contribution is 2.16. The molecule has 0 unspecified atom stereocenters. The number of rotatable bonds is 5. The van der Waals surface area contributed by atoms with E-state index < -0.39 is 27.8 Å². The molecule has 0 fully saturated rings. The third-order valence-electron chi connectivity index (χ3n) is 2.94. The summed E-state index contributed by atoms with van der Waals surface area (Å²) >= 11 is 3.28. The third kappa shape index (κ3) is 4.85. The van der Waals surface area contributed by atoms with Crippen LogP contribution in [0.2, 0.25) is 0 Å². The van der Waals surface area contributed by atoms with Crippen molar-refractivity contribution >= 4 is 37.5 Å². The quantitative estimate of drug-likeness (QED) is 0.809. The van der Waals surface area contributed by atoms with Crippen LogP contribution in [-0.2, 0) is 14.8 Å². The molecule has 122 valence electrons. The van der Waals surface area contributed by atoms with E-state index in [0.717, 1.165) is 28.7 Å². The molecule has 1 atom stereocenters. The van der Waals surface area contributed by atoms with Gasteiger partial charge < -0.3 is 5.32 Å². The van der Waals surface area contributed by atoms with E-state index in [9.17, 15) is 17.6 Å². The first-order valence-corrected chi connectivity index (χ1v) is 8.90. The average molecular weight is 401 g/mol. The number of carbonyl (C=O) groups excluding carboxylic acids is 1. The van der Waals surface area contributed by atoms with Crippen molar-refractivity contribution < 1.29 is 17.6 Å². The van der Waals surface area contributed by atoms with Gasteiger partial charge in [0.2, 0.25) is 15.9 Å². The fraction of sp³-hybridized carbons (Fsp3) is 0.133. The van der Waals surface area contributed by atoms with Gasteiger partial charge in [-0.1, -0.05) is 22.0 Å². The molecule has 0 saturated carbocycles. The summed E-state index contributed by atoms with van der Waals surface area (Å²) in [4.78, 5) is 12.0. The molecule has 0 aliphatic carbocycles. The van der Waals surface area contributed by atoms with Crippen molar-refractivity contribution in [2.45, 2.75) is 17.9 Å². The Morgan fingerprint density at radius 1 is 1.17 bits per heavy atom. The van der Waals surface area contributed by atoms with Gasteiger partial charge >= 0.3 is 0 Å². The van der Waals surface area contributed by atoms with Crippen LogP contribution in [0.1, 0.15) is 6.92 Å². The van der Waals surface area contributed by atoms with E-state index in [4.69, 9.17) is 0 Å². The normalized spacial score (nSPS) is 12.7. The standard InChI is InChI=1S/C15H14BrFN2O3S/c1-10(15(20)18-13-4-2-3-11(16)9-13)19-23(21,22)14-7-5-12(17)6-8-14/h2-10,19H,1H3,(H,18,20)/t10-/m1/s1. The smallest absolute Gasteiger partial charge is 0.242 e. The number of carbonyl (C=O) groups is 1. The van der Waals surface area contributed by atoms with E-state index in [1.165, 1.54) is 6.92 Å². The number of sulfonamides is 1.